The van der Waals surface area contributed by atoms with Crippen LogP contribution in [0.4, 0.5) is 10.1 Å². The van der Waals surface area contributed by atoms with Crippen LogP contribution in [0.3, 0.4) is 0 Å². The van der Waals surface area contributed by atoms with Crippen molar-refractivity contribution in [1.29, 1.82) is 0 Å². The fraction of sp³-hybridized carbons (Fsp3) is 0.125. The van der Waals surface area contributed by atoms with Gasteiger partial charge in [-0.2, -0.15) is 0 Å². The molecule has 0 aliphatic carbocycles. The van der Waals surface area contributed by atoms with Crippen LogP contribution in [0.2, 0.25) is 5.02 Å². The maximum atomic E-state index is 13.7. The van der Waals surface area contributed by atoms with Crippen LogP contribution >= 0.6 is 11.6 Å². The Bertz CT molecular complexity index is 701. The molecule has 0 spiro atoms. The van der Waals surface area contributed by atoms with Crippen LogP contribution in [-0.2, 0) is 4.74 Å². The number of carbonyl (C=O) groups excluding carboxylic acids is 2. The molecular formula is C16H13ClFNO3. The van der Waals surface area contributed by atoms with Crippen LogP contribution in [0.1, 0.15) is 27.6 Å². The molecule has 0 aromatic heterocycles. The first-order valence-electron chi connectivity index (χ1n) is 6.55. The van der Waals surface area contributed by atoms with Gasteiger partial charge in [0.05, 0.1) is 17.7 Å². The lowest BCUT2D eigenvalue weighted by atomic mass is 10.1. The molecule has 6 heteroatoms. The predicted molar refractivity (Wildman–Crippen MR) is 81.8 cm³/mol. The summed E-state index contributed by atoms with van der Waals surface area (Å²) >= 11 is 5.64. The van der Waals surface area contributed by atoms with Crippen molar-refractivity contribution < 1.29 is 18.7 Å². The molecule has 114 valence electrons. The zero-order chi connectivity index (χ0) is 16.1. The average molecular weight is 322 g/mol. The van der Waals surface area contributed by atoms with Crippen molar-refractivity contribution in [3.8, 4) is 0 Å². The summed E-state index contributed by atoms with van der Waals surface area (Å²) in [6, 6.07) is 9.93. The van der Waals surface area contributed by atoms with Gasteiger partial charge in [0.15, 0.2) is 0 Å². The molecule has 1 amide bonds. The number of anilines is 1. The third kappa shape index (κ3) is 3.83. The van der Waals surface area contributed by atoms with E-state index >= 15 is 0 Å². The van der Waals surface area contributed by atoms with Crippen molar-refractivity contribution in [3.63, 3.8) is 0 Å². The molecule has 22 heavy (non-hydrogen) atoms. The van der Waals surface area contributed by atoms with Crippen LogP contribution in [0, 0.1) is 5.82 Å². The van der Waals surface area contributed by atoms with Gasteiger partial charge in [-0.1, -0.05) is 11.6 Å². The number of carbonyl (C=O) groups is 2. The highest BCUT2D eigenvalue weighted by molar-refractivity contribution is 6.30. The maximum Gasteiger partial charge on any atom is 0.338 e. The Morgan fingerprint density at radius 3 is 2.45 bits per heavy atom. The van der Waals surface area contributed by atoms with Gasteiger partial charge in [0.1, 0.15) is 5.82 Å². The first-order chi connectivity index (χ1) is 10.5. The molecule has 0 aliphatic heterocycles. The van der Waals surface area contributed by atoms with E-state index in [4.69, 9.17) is 16.3 Å². The number of esters is 1. The number of nitrogens with one attached hydrogen (secondary N) is 1. The Hall–Kier alpha value is -2.40. The molecule has 1 N–H and O–H groups in total. The van der Waals surface area contributed by atoms with Gasteiger partial charge in [-0.15, -0.1) is 0 Å². The monoisotopic (exact) mass is 321 g/mol. The number of amides is 1. The zero-order valence-electron chi connectivity index (χ0n) is 11.7. The lowest BCUT2D eigenvalue weighted by molar-refractivity contribution is 0.0526. The third-order valence-electron chi connectivity index (χ3n) is 2.83. The minimum absolute atomic E-state index is 0.112. The number of hydrogen-bond donors (Lipinski definition) is 1. The molecule has 2 aromatic carbocycles. The lowest BCUT2D eigenvalue weighted by Crippen LogP contribution is -2.14. The van der Waals surface area contributed by atoms with Gasteiger partial charge in [-0.3, -0.25) is 4.79 Å². The Kier molecular flexibility index (Phi) is 5.12. The minimum atomic E-state index is -0.701. The number of halogens is 2. The molecule has 4 nitrogen and oxygen atoms in total. The highest BCUT2D eigenvalue weighted by Gasteiger charge is 2.13. The van der Waals surface area contributed by atoms with E-state index in [9.17, 15) is 14.0 Å². The first kappa shape index (κ1) is 16.0. The van der Waals surface area contributed by atoms with E-state index in [1.807, 2.05) is 0 Å². The minimum Gasteiger partial charge on any atom is -0.462 e. The Balaban J connectivity index is 2.10. The Morgan fingerprint density at radius 2 is 1.86 bits per heavy atom. The second-order valence-electron chi connectivity index (χ2n) is 4.38. The molecule has 0 heterocycles. The van der Waals surface area contributed by atoms with Gasteiger partial charge in [0, 0.05) is 10.7 Å². The summed E-state index contributed by atoms with van der Waals surface area (Å²) in [5.41, 5.74) is 0.698. The molecule has 2 aromatic rings. The fourth-order valence-corrected chi connectivity index (χ4v) is 1.93. The standard InChI is InChI=1S/C16H13ClFNO3/c1-2-22-16(21)10-3-6-12(7-4-10)19-15(20)13-8-5-11(17)9-14(13)18/h3-9H,2H2,1H3,(H,19,20). The number of hydrogen-bond acceptors (Lipinski definition) is 3. The summed E-state index contributed by atoms with van der Waals surface area (Å²) in [6.45, 7) is 2.00. The summed E-state index contributed by atoms with van der Waals surface area (Å²) in [7, 11) is 0. The third-order valence-corrected chi connectivity index (χ3v) is 3.06. The molecule has 0 atom stereocenters. The first-order valence-corrected chi connectivity index (χ1v) is 6.92. The van der Waals surface area contributed by atoms with Crippen LogP contribution in [0.15, 0.2) is 42.5 Å². The van der Waals surface area contributed by atoms with Crippen LogP contribution in [0.25, 0.3) is 0 Å². The molecule has 2 rings (SSSR count). The molecule has 0 saturated carbocycles. The second-order valence-corrected chi connectivity index (χ2v) is 4.81. The molecule has 0 radical (unpaired) electrons. The van der Waals surface area contributed by atoms with E-state index in [2.05, 4.69) is 5.32 Å². The summed E-state index contributed by atoms with van der Waals surface area (Å²) in [6.07, 6.45) is 0. The summed E-state index contributed by atoms with van der Waals surface area (Å²) in [5.74, 6) is -1.74. The SMILES string of the molecule is CCOC(=O)c1ccc(NC(=O)c2ccc(Cl)cc2F)cc1. The van der Waals surface area contributed by atoms with Crippen molar-refractivity contribution >= 4 is 29.2 Å². The van der Waals surface area contributed by atoms with E-state index < -0.39 is 17.7 Å². The summed E-state index contributed by atoms with van der Waals surface area (Å²) < 4.78 is 18.5. The average Bonchev–Trinajstić information content (AvgIpc) is 2.48. The summed E-state index contributed by atoms with van der Waals surface area (Å²) in [4.78, 5) is 23.5. The van der Waals surface area contributed by atoms with Gasteiger partial charge in [0.2, 0.25) is 0 Å². The topological polar surface area (TPSA) is 55.4 Å². The van der Waals surface area contributed by atoms with Crippen molar-refractivity contribution in [2.45, 2.75) is 6.92 Å². The largest absolute Gasteiger partial charge is 0.462 e. The highest BCUT2D eigenvalue weighted by Crippen LogP contribution is 2.17. The highest BCUT2D eigenvalue weighted by atomic mass is 35.5. The van der Waals surface area contributed by atoms with Gasteiger partial charge >= 0.3 is 5.97 Å². The van der Waals surface area contributed by atoms with E-state index in [-0.39, 0.29) is 17.2 Å². The van der Waals surface area contributed by atoms with Gasteiger partial charge in [-0.05, 0) is 49.4 Å². The molecule has 0 saturated heterocycles. The quantitative estimate of drug-likeness (QED) is 0.869. The Labute approximate surface area is 131 Å². The molecule has 0 aliphatic rings. The fourth-order valence-electron chi connectivity index (χ4n) is 1.78. The smallest absolute Gasteiger partial charge is 0.338 e. The number of rotatable bonds is 4. The van der Waals surface area contributed by atoms with Crippen molar-refractivity contribution in [2.24, 2.45) is 0 Å². The van der Waals surface area contributed by atoms with E-state index in [0.717, 1.165) is 6.07 Å². The lowest BCUT2D eigenvalue weighted by Gasteiger charge is -2.07. The van der Waals surface area contributed by atoms with Crippen molar-refractivity contribution in [1.82, 2.24) is 0 Å². The Morgan fingerprint density at radius 1 is 1.18 bits per heavy atom. The molecule has 0 unspecified atom stereocenters. The van der Waals surface area contributed by atoms with E-state index in [1.165, 1.54) is 36.4 Å². The van der Waals surface area contributed by atoms with Crippen molar-refractivity contribution in [3.05, 3.63) is 64.4 Å². The van der Waals surface area contributed by atoms with E-state index in [1.54, 1.807) is 6.92 Å². The van der Waals surface area contributed by atoms with Gasteiger partial charge in [0.25, 0.3) is 5.91 Å². The van der Waals surface area contributed by atoms with Gasteiger partial charge < -0.3 is 10.1 Å². The van der Waals surface area contributed by atoms with Crippen LogP contribution in [-0.4, -0.2) is 18.5 Å². The van der Waals surface area contributed by atoms with Gasteiger partial charge in [-0.25, -0.2) is 9.18 Å². The van der Waals surface area contributed by atoms with Crippen molar-refractivity contribution in [2.75, 3.05) is 11.9 Å². The molecular weight excluding hydrogens is 309 g/mol. The summed E-state index contributed by atoms with van der Waals surface area (Å²) in [5, 5.41) is 2.76. The van der Waals surface area contributed by atoms with Crippen LogP contribution < -0.4 is 5.32 Å². The zero-order valence-corrected chi connectivity index (χ0v) is 12.5. The molecule has 0 bridgehead atoms. The van der Waals surface area contributed by atoms with E-state index in [0.29, 0.717) is 11.3 Å². The molecule has 0 fully saturated rings. The maximum absolute atomic E-state index is 13.7. The second kappa shape index (κ2) is 7.04. The van der Waals surface area contributed by atoms with Crippen LogP contribution in [0.5, 0.6) is 0 Å². The normalized spacial score (nSPS) is 10.1. The number of benzene rings is 2. The predicted octanol–water partition coefficient (Wildman–Crippen LogP) is 3.91. The number of ether oxygens (including phenoxy) is 1.